The van der Waals surface area contributed by atoms with Gasteiger partial charge in [-0.05, 0) is 84.3 Å². The van der Waals surface area contributed by atoms with Crippen LogP contribution in [0.1, 0.15) is 22.8 Å². The summed E-state index contributed by atoms with van der Waals surface area (Å²) >= 11 is 14.8. The molecule has 0 radical (unpaired) electrons. The molecule has 13 heteroatoms. The third kappa shape index (κ3) is 4.78. The van der Waals surface area contributed by atoms with E-state index in [1.165, 1.54) is 40.5 Å². The molecule has 2 aliphatic heterocycles. The Balaban J connectivity index is 1.04. The van der Waals surface area contributed by atoms with Crippen molar-refractivity contribution in [3.63, 3.8) is 0 Å². The summed E-state index contributed by atoms with van der Waals surface area (Å²) in [4.78, 5) is 57.6. The topological polar surface area (TPSA) is 109 Å². The third-order valence-electron chi connectivity index (χ3n) is 9.62. The number of halogens is 3. The lowest BCUT2D eigenvalue weighted by Gasteiger charge is -2.43. The Morgan fingerprint density at radius 2 is 1.67 bits per heavy atom. The molecule has 2 bridgehead atoms. The van der Waals surface area contributed by atoms with Crippen LogP contribution in [0.15, 0.2) is 76.6 Å². The zero-order valence-corrected chi connectivity index (χ0v) is 26.9. The van der Waals surface area contributed by atoms with Gasteiger partial charge in [0.05, 0.1) is 32.6 Å². The van der Waals surface area contributed by atoms with E-state index in [4.69, 9.17) is 27.9 Å². The van der Waals surface area contributed by atoms with Crippen LogP contribution in [0.4, 0.5) is 15.8 Å². The van der Waals surface area contributed by atoms with Crippen molar-refractivity contribution in [3.05, 3.63) is 103 Å². The number of rotatable bonds is 6. The second-order valence-corrected chi connectivity index (χ2v) is 15.0. The SMILES string of the molecule is O=C(COc1ccc([C@@H]2c3sc(=O)[nH]c3S[C@@H]3[C@@H]4C[C@@H]([C@@H]5C(=O)N(c6ccc(F)cc6)C(=O)[C@@H]45)[C@H]23)cc1)Nc1ccc(Cl)c(Cl)c1. The van der Waals surface area contributed by atoms with Gasteiger partial charge in [0.1, 0.15) is 11.6 Å². The Morgan fingerprint density at radius 3 is 2.39 bits per heavy atom. The Kier molecular flexibility index (Phi) is 7.28. The lowest BCUT2D eigenvalue weighted by Crippen LogP contribution is -2.42. The minimum Gasteiger partial charge on any atom is -0.484 e. The third-order valence-corrected chi connectivity index (χ3v) is 12.9. The maximum atomic E-state index is 13.8. The van der Waals surface area contributed by atoms with Crippen LogP contribution in [-0.4, -0.2) is 34.6 Å². The van der Waals surface area contributed by atoms with Gasteiger partial charge in [-0.15, -0.1) is 11.8 Å². The number of hydrogen-bond acceptors (Lipinski definition) is 7. The average Bonchev–Trinajstić information content (AvgIpc) is 3.78. The fourth-order valence-corrected chi connectivity index (χ4v) is 11.1. The Labute approximate surface area is 280 Å². The van der Waals surface area contributed by atoms with Gasteiger partial charge >= 0.3 is 4.87 Å². The molecule has 4 aliphatic rings. The number of anilines is 2. The first-order chi connectivity index (χ1) is 22.2. The molecule has 4 aromatic rings. The molecule has 2 saturated carbocycles. The van der Waals surface area contributed by atoms with Crippen LogP contribution in [0, 0.1) is 35.4 Å². The summed E-state index contributed by atoms with van der Waals surface area (Å²) in [5.74, 6) is -1.85. The van der Waals surface area contributed by atoms with Crippen molar-refractivity contribution in [3.8, 4) is 5.75 Å². The first kappa shape index (κ1) is 29.7. The molecule has 3 aromatic carbocycles. The number of thioether (sulfide) groups is 1. The number of H-pyrrole nitrogens is 1. The molecule has 8 rings (SSSR count). The van der Waals surface area contributed by atoms with Gasteiger partial charge < -0.3 is 15.0 Å². The highest BCUT2D eigenvalue weighted by Gasteiger charge is 2.69. The number of ether oxygens (including phenoxy) is 1. The number of nitrogens with zero attached hydrogens (tertiary/aromatic N) is 1. The van der Waals surface area contributed by atoms with Gasteiger partial charge in [0, 0.05) is 21.7 Å². The minimum absolute atomic E-state index is 0.0254. The van der Waals surface area contributed by atoms with E-state index in [2.05, 4.69) is 10.3 Å². The summed E-state index contributed by atoms with van der Waals surface area (Å²) in [6.45, 7) is -0.221. The molecular formula is C33H24Cl2FN3O5S2. The van der Waals surface area contributed by atoms with E-state index >= 15 is 0 Å². The molecule has 1 saturated heterocycles. The maximum absolute atomic E-state index is 13.8. The maximum Gasteiger partial charge on any atom is 0.305 e. The zero-order valence-electron chi connectivity index (χ0n) is 23.7. The number of hydrogen-bond donors (Lipinski definition) is 2. The summed E-state index contributed by atoms with van der Waals surface area (Å²) in [7, 11) is 0. The van der Waals surface area contributed by atoms with Gasteiger partial charge in [0.15, 0.2) is 6.61 Å². The van der Waals surface area contributed by atoms with Crippen molar-refractivity contribution in [2.75, 3.05) is 16.8 Å². The second kappa shape index (κ2) is 11.3. The Hall–Kier alpha value is -3.64. The van der Waals surface area contributed by atoms with E-state index < -0.39 is 17.7 Å². The molecular weight excluding hydrogens is 672 g/mol. The van der Waals surface area contributed by atoms with Gasteiger partial charge in [-0.1, -0.05) is 46.7 Å². The second-order valence-electron chi connectivity index (χ2n) is 12.0. The lowest BCUT2D eigenvalue weighted by atomic mass is 9.68. The molecule has 8 nitrogen and oxygen atoms in total. The van der Waals surface area contributed by atoms with Gasteiger partial charge in [-0.2, -0.15) is 0 Å². The number of carbonyl (C=O) groups excluding carboxylic acids is 3. The quantitative estimate of drug-likeness (QED) is 0.221. The van der Waals surface area contributed by atoms with E-state index in [1.807, 2.05) is 12.1 Å². The molecule has 7 atom stereocenters. The van der Waals surface area contributed by atoms with Crippen LogP contribution < -0.4 is 19.8 Å². The van der Waals surface area contributed by atoms with Crippen LogP contribution in [0.25, 0.3) is 0 Å². The molecule has 2 N–H and O–H groups in total. The number of amides is 3. The van der Waals surface area contributed by atoms with Gasteiger partial charge in [-0.3, -0.25) is 24.1 Å². The largest absolute Gasteiger partial charge is 0.484 e. The number of carbonyl (C=O) groups is 3. The lowest BCUT2D eigenvalue weighted by molar-refractivity contribution is -0.123. The van der Waals surface area contributed by atoms with Gasteiger partial charge in [-0.25, -0.2) is 4.39 Å². The Bertz CT molecular complexity index is 1970. The van der Waals surface area contributed by atoms with Gasteiger partial charge in [0.25, 0.3) is 5.91 Å². The summed E-state index contributed by atoms with van der Waals surface area (Å²) in [5, 5.41) is 4.30. The van der Waals surface area contributed by atoms with Crippen molar-refractivity contribution in [1.29, 1.82) is 0 Å². The van der Waals surface area contributed by atoms with E-state index in [0.717, 1.165) is 21.9 Å². The average molecular weight is 697 g/mol. The minimum atomic E-state index is -0.458. The van der Waals surface area contributed by atoms with E-state index in [9.17, 15) is 23.6 Å². The number of aromatic nitrogens is 1. The highest BCUT2D eigenvalue weighted by atomic mass is 35.5. The number of imide groups is 1. The van der Waals surface area contributed by atoms with Crippen LogP contribution in [-0.2, 0) is 14.4 Å². The summed E-state index contributed by atoms with van der Waals surface area (Å²) in [6, 6.07) is 17.7. The molecule has 0 spiro atoms. The van der Waals surface area contributed by atoms with Crippen LogP contribution in [0.5, 0.6) is 5.75 Å². The first-order valence-electron chi connectivity index (χ1n) is 14.7. The monoisotopic (exact) mass is 695 g/mol. The van der Waals surface area contributed by atoms with Crippen molar-refractivity contribution in [1.82, 2.24) is 4.98 Å². The molecule has 0 unspecified atom stereocenters. The number of benzene rings is 3. The first-order valence-corrected chi connectivity index (χ1v) is 17.1. The van der Waals surface area contributed by atoms with Crippen LogP contribution >= 0.6 is 46.3 Å². The molecule has 2 aliphatic carbocycles. The predicted octanol–water partition coefficient (Wildman–Crippen LogP) is 6.58. The number of fused-ring (bicyclic) bond motifs is 9. The number of nitrogens with one attached hydrogen (secondary N) is 2. The standard InChI is InChI=1S/C33H24Cl2FN3O5S2/c34-21-10-5-16(11-22(21)35)37-23(40)13-44-18-8-1-14(2-9-18)24-25-19-12-20(28(25)45-30-29(24)46-33(43)38-30)27-26(19)31(41)39(32(27)42)17-6-3-15(36)4-7-17/h1-11,19-20,24-28H,12-13H2,(H,37,40)(H,38,43)/t19-,20-,24+,25-,26+,27+,28-/m1/s1. The number of thiazole rings is 1. The van der Waals surface area contributed by atoms with E-state index in [-0.39, 0.29) is 58.1 Å². The highest BCUT2D eigenvalue weighted by Crippen LogP contribution is 2.68. The highest BCUT2D eigenvalue weighted by molar-refractivity contribution is 8.00. The van der Waals surface area contributed by atoms with E-state index in [0.29, 0.717) is 27.2 Å². The van der Waals surface area contributed by atoms with Crippen LogP contribution in [0.3, 0.4) is 0 Å². The molecule has 46 heavy (non-hydrogen) atoms. The normalized spacial score (nSPS) is 27.4. The molecule has 234 valence electrons. The fraction of sp³-hybridized carbons (Fsp3) is 0.273. The van der Waals surface area contributed by atoms with E-state index in [1.54, 1.807) is 42.1 Å². The van der Waals surface area contributed by atoms with Gasteiger partial charge in [0.2, 0.25) is 11.8 Å². The molecule has 3 fully saturated rings. The molecule has 1 aromatic heterocycles. The molecule has 3 heterocycles. The number of aromatic amines is 1. The smallest absolute Gasteiger partial charge is 0.305 e. The zero-order chi connectivity index (χ0) is 31.9. The summed E-state index contributed by atoms with van der Waals surface area (Å²) < 4.78 is 19.4. The van der Waals surface area contributed by atoms with Crippen LogP contribution in [0.2, 0.25) is 10.0 Å². The summed E-state index contributed by atoms with van der Waals surface area (Å²) in [6.07, 6.45) is 0.761. The van der Waals surface area contributed by atoms with Crippen molar-refractivity contribution in [2.45, 2.75) is 22.6 Å². The van der Waals surface area contributed by atoms with Crippen molar-refractivity contribution < 1.29 is 23.5 Å². The predicted molar refractivity (Wildman–Crippen MR) is 174 cm³/mol. The fourth-order valence-electron chi connectivity index (χ4n) is 7.93. The van der Waals surface area contributed by atoms with Crippen molar-refractivity contribution >= 4 is 75.4 Å². The Morgan fingerprint density at radius 1 is 0.957 bits per heavy atom. The molecule has 3 amide bonds. The van der Waals surface area contributed by atoms with Crippen molar-refractivity contribution in [2.24, 2.45) is 29.6 Å². The summed E-state index contributed by atoms with van der Waals surface area (Å²) in [5.41, 5.74) is 1.86.